The fourth-order valence-corrected chi connectivity index (χ4v) is 2.11. The molecule has 2 heterocycles. The second-order valence-corrected chi connectivity index (χ2v) is 4.99. The second kappa shape index (κ2) is 6.17. The normalized spacial score (nSPS) is 11.1. The van der Waals surface area contributed by atoms with Crippen LogP contribution in [0.4, 0.5) is 17.2 Å². The summed E-state index contributed by atoms with van der Waals surface area (Å²) in [5.74, 6) is 0.506. The highest BCUT2D eigenvalue weighted by Gasteiger charge is 2.08. The van der Waals surface area contributed by atoms with E-state index in [-0.39, 0.29) is 0 Å². The Balaban J connectivity index is 1.79. The van der Waals surface area contributed by atoms with Crippen molar-refractivity contribution in [2.24, 2.45) is 17.3 Å². The van der Waals surface area contributed by atoms with Crippen molar-refractivity contribution in [2.45, 2.75) is 6.54 Å². The number of hydrogen-bond donors (Lipinski definition) is 1. The van der Waals surface area contributed by atoms with Crippen molar-refractivity contribution >= 4 is 17.2 Å². The summed E-state index contributed by atoms with van der Waals surface area (Å²) in [6.07, 6.45) is 5.65. The Kier molecular flexibility index (Phi) is 3.91. The van der Waals surface area contributed by atoms with Crippen molar-refractivity contribution < 1.29 is 4.57 Å². The largest absolute Gasteiger partial charge is 0.382 e. The Morgan fingerprint density at radius 1 is 1.14 bits per heavy atom. The van der Waals surface area contributed by atoms with Crippen molar-refractivity contribution in [1.29, 1.82) is 0 Å². The van der Waals surface area contributed by atoms with Crippen LogP contribution in [0.5, 0.6) is 0 Å². The first-order valence-corrected chi connectivity index (χ1v) is 6.94. The number of azo groups is 1. The summed E-state index contributed by atoms with van der Waals surface area (Å²) in [6.45, 7) is 0.599. The quantitative estimate of drug-likeness (QED) is 0.593. The summed E-state index contributed by atoms with van der Waals surface area (Å²) < 4.78 is 3.71. The molecule has 1 aromatic carbocycles. The molecule has 0 unspecified atom stereocenters. The number of aryl methyl sites for hydroxylation is 1. The minimum atomic E-state index is 0.506. The number of pyridine rings is 1. The number of hydrogen-bond acceptors (Lipinski definition) is 4. The Morgan fingerprint density at radius 2 is 1.95 bits per heavy atom. The monoisotopic (exact) mass is 293 g/mol. The van der Waals surface area contributed by atoms with E-state index in [0.29, 0.717) is 18.1 Å². The van der Waals surface area contributed by atoms with Gasteiger partial charge in [0.1, 0.15) is 18.6 Å². The van der Waals surface area contributed by atoms with E-state index in [9.17, 15) is 0 Å². The van der Waals surface area contributed by atoms with Gasteiger partial charge in [-0.25, -0.2) is 9.25 Å². The molecule has 0 aliphatic carbocycles. The summed E-state index contributed by atoms with van der Waals surface area (Å²) in [5.41, 5.74) is 8.57. The molecule has 0 bridgehead atoms. The third-order valence-corrected chi connectivity index (χ3v) is 3.22. The molecule has 6 nitrogen and oxygen atoms in total. The van der Waals surface area contributed by atoms with Crippen LogP contribution in [0.3, 0.4) is 0 Å². The van der Waals surface area contributed by atoms with Crippen LogP contribution in [0.15, 0.2) is 71.3 Å². The molecule has 6 heteroatoms. The van der Waals surface area contributed by atoms with Crippen molar-refractivity contribution in [3.8, 4) is 0 Å². The molecule has 0 saturated heterocycles. The molecule has 2 N–H and O–H groups in total. The molecule has 0 saturated carbocycles. The zero-order valence-electron chi connectivity index (χ0n) is 12.3. The lowest BCUT2D eigenvalue weighted by atomic mass is 10.3. The standard InChI is InChI=1S/C16H17N6/c1-21-9-5-6-13(11-21)12-22-16(17)15(10-18-22)20-19-14-7-3-2-4-8-14/h2-11H,12,17H2,1H3/q+1/b20-19+. The minimum absolute atomic E-state index is 0.506. The number of anilines is 1. The van der Waals surface area contributed by atoms with Crippen LogP contribution in [-0.4, -0.2) is 9.78 Å². The molecule has 0 radical (unpaired) electrons. The van der Waals surface area contributed by atoms with Gasteiger partial charge in [-0.1, -0.05) is 18.2 Å². The Morgan fingerprint density at radius 3 is 2.73 bits per heavy atom. The maximum Gasteiger partial charge on any atom is 0.173 e. The predicted molar refractivity (Wildman–Crippen MR) is 84.0 cm³/mol. The van der Waals surface area contributed by atoms with Crippen LogP contribution in [0.1, 0.15) is 5.56 Å². The third kappa shape index (κ3) is 3.17. The number of benzene rings is 1. The van der Waals surface area contributed by atoms with Crippen LogP contribution in [0, 0.1) is 0 Å². The predicted octanol–water partition coefficient (Wildman–Crippen LogP) is 2.75. The van der Waals surface area contributed by atoms with E-state index in [0.717, 1.165) is 11.3 Å². The SMILES string of the molecule is C[n+]1cccc(Cn2ncc(/N=N/c3ccccc3)c2N)c1. The van der Waals surface area contributed by atoms with E-state index >= 15 is 0 Å². The van der Waals surface area contributed by atoms with Crippen molar-refractivity contribution in [3.63, 3.8) is 0 Å². The third-order valence-electron chi connectivity index (χ3n) is 3.22. The highest BCUT2D eigenvalue weighted by atomic mass is 15.3. The Hall–Kier alpha value is -3.02. The zero-order valence-corrected chi connectivity index (χ0v) is 12.3. The van der Waals surface area contributed by atoms with Gasteiger partial charge in [-0.15, -0.1) is 5.11 Å². The van der Waals surface area contributed by atoms with Crippen LogP contribution >= 0.6 is 0 Å². The van der Waals surface area contributed by atoms with Gasteiger partial charge in [0.05, 0.1) is 18.4 Å². The minimum Gasteiger partial charge on any atom is -0.382 e. The molecule has 110 valence electrons. The fourth-order valence-electron chi connectivity index (χ4n) is 2.11. The summed E-state index contributed by atoms with van der Waals surface area (Å²) in [6, 6.07) is 13.6. The first-order chi connectivity index (χ1) is 10.7. The lowest BCUT2D eigenvalue weighted by Gasteiger charge is -2.02. The molecule has 0 amide bonds. The number of nitrogen functional groups attached to an aromatic ring is 1. The van der Waals surface area contributed by atoms with Gasteiger partial charge in [0.2, 0.25) is 0 Å². The van der Waals surface area contributed by atoms with E-state index in [2.05, 4.69) is 15.3 Å². The van der Waals surface area contributed by atoms with Gasteiger partial charge in [0.25, 0.3) is 0 Å². The van der Waals surface area contributed by atoms with Crippen LogP contribution < -0.4 is 10.3 Å². The van der Waals surface area contributed by atoms with Crippen molar-refractivity contribution in [3.05, 3.63) is 66.6 Å². The van der Waals surface area contributed by atoms with E-state index in [1.54, 1.807) is 10.9 Å². The summed E-state index contributed by atoms with van der Waals surface area (Å²) in [4.78, 5) is 0. The maximum absolute atomic E-state index is 6.09. The molecule has 0 atom stereocenters. The lowest BCUT2D eigenvalue weighted by molar-refractivity contribution is -0.671. The zero-order chi connectivity index (χ0) is 15.4. The van der Waals surface area contributed by atoms with Gasteiger partial charge in [-0.2, -0.15) is 10.2 Å². The van der Waals surface area contributed by atoms with Crippen LogP contribution in [0.2, 0.25) is 0 Å². The Labute approximate surface area is 128 Å². The number of nitrogens with two attached hydrogens (primary N) is 1. The van der Waals surface area contributed by atoms with Gasteiger partial charge in [-0.3, -0.25) is 0 Å². The molecular formula is C16H17N6+. The van der Waals surface area contributed by atoms with Gasteiger partial charge in [-0.05, 0) is 18.2 Å². The van der Waals surface area contributed by atoms with E-state index < -0.39 is 0 Å². The molecule has 0 aliphatic heterocycles. The lowest BCUT2D eigenvalue weighted by Crippen LogP contribution is -2.27. The first kappa shape index (κ1) is 13.9. The van der Waals surface area contributed by atoms with Gasteiger partial charge in [0, 0.05) is 11.6 Å². The smallest absolute Gasteiger partial charge is 0.173 e. The summed E-state index contributed by atoms with van der Waals surface area (Å²) in [5, 5.41) is 12.6. The first-order valence-electron chi connectivity index (χ1n) is 6.94. The fraction of sp³-hybridized carbons (Fsp3) is 0.125. The molecule has 3 aromatic rings. The van der Waals surface area contributed by atoms with Gasteiger partial charge >= 0.3 is 0 Å². The highest BCUT2D eigenvalue weighted by Crippen LogP contribution is 2.24. The molecule has 2 aromatic heterocycles. The van der Waals surface area contributed by atoms with Crippen molar-refractivity contribution in [2.75, 3.05) is 5.73 Å². The van der Waals surface area contributed by atoms with E-state index in [4.69, 9.17) is 5.73 Å². The molecule has 3 rings (SSSR count). The Bertz CT molecular complexity index is 791. The summed E-state index contributed by atoms with van der Waals surface area (Å²) >= 11 is 0. The number of rotatable bonds is 4. The second-order valence-electron chi connectivity index (χ2n) is 4.99. The van der Waals surface area contributed by atoms with Gasteiger partial charge in [0.15, 0.2) is 12.4 Å². The molecule has 0 spiro atoms. The summed E-state index contributed by atoms with van der Waals surface area (Å²) in [7, 11) is 1.98. The highest BCUT2D eigenvalue weighted by molar-refractivity contribution is 5.56. The average Bonchev–Trinajstić information content (AvgIpc) is 2.87. The molecular weight excluding hydrogens is 276 g/mol. The molecule has 22 heavy (non-hydrogen) atoms. The van der Waals surface area contributed by atoms with Crippen LogP contribution in [0.25, 0.3) is 0 Å². The molecule has 0 fully saturated rings. The maximum atomic E-state index is 6.09. The number of nitrogens with zero attached hydrogens (tertiary/aromatic N) is 5. The van der Waals surface area contributed by atoms with Crippen molar-refractivity contribution in [1.82, 2.24) is 9.78 Å². The average molecular weight is 293 g/mol. The molecule has 0 aliphatic rings. The topological polar surface area (TPSA) is 72.4 Å². The van der Waals surface area contributed by atoms with Crippen LogP contribution in [-0.2, 0) is 13.6 Å². The number of aromatic nitrogens is 3. The van der Waals surface area contributed by atoms with Gasteiger partial charge < -0.3 is 5.73 Å². The van der Waals surface area contributed by atoms with E-state index in [1.165, 1.54) is 0 Å². The van der Waals surface area contributed by atoms with E-state index in [1.807, 2.05) is 66.5 Å².